The highest BCUT2D eigenvalue weighted by Gasteiger charge is 2.29. The smallest absolute Gasteiger partial charge is 0.335 e. The van der Waals surface area contributed by atoms with E-state index in [0.29, 0.717) is 16.6 Å². The molecule has 1 atom stereocenters. The maximum absolute atomic E-state index is 11.6. The van der Waals surface area contributed by atoms with Crippen molar-refractivity contribution in [3.05, 3.63) is 53.8 Å². The van der Waals surface area contributed by atoms with Crippen molar-refractivity contribution < 1.29 is 14.6 Å². The van der Waals surface area contributed by atoms with E-state index < -0.39 is 12.0 Å². The number of nitrogens with zero attached hydrogens (tertiary/aromatic N) is 1. The maximum atomic E-state index is 11.6. The van der Waals surface area contributed by atoms with Gasteiger partial charge in [-0.15, -0.1) is 6.58 Å². The Morgan fingerprint density at radius 3 is 2.73 bits per heavy atom. The topological polar surface area (TPSA) is 70.9 Å². The van der Waals surface area contributed by atoms with E-state index in [-0.39, 0.29) is 5.57 Å². The number of hydrogen-bond acceptors (Lipinski definition) is 5. The Balaban J connectivity index is 2.39. The molecule has 1 aromatic rings. The largest absolute Gasteiger partial charge is 0.497 e. The second-order valence-electron chi connectivity index (χ2n) is 4.68. The molecule has 2 rings (SSSR count). The van der Waals surface area contributed by atoms with Gasteiger partial charge in [-0.2, -0.15) is 0 Å². The number of methoxy groups -OCH3 is 1. The van der Waals surface area contributed by atoms with E-state index in [9.17, 15) is 9.90 Å². The summed E-state index contributed by atoms with van der Waals surface area (Å²) in [5.74, 6) is 0.458. The van der Waals surface area contributed by atoms with Crippen LogP contribution in [-0.4, -0.2) is 29.1 Å². The molecule has 1 heterocycles. The van der Waals surface area contributed by atoms with E-state index in [0.717, 1.165) is 11.3 Å². The highest BCUT2D eigenvalue weighted by molar-refractivity contribution is 8.13. The van der Waals surface area contributed by atoms with Crippen LogP contribution in [0.5, 0.6) is 5.75 Å². The number of rotatable bonds is 5. The van der Waals surface area contributed by atoms with Crippen LogP contribution in [0.15, 0.2) is 53.2 Å². The fraction of sp³-hybridized carbons (Fsp3) is 0.250. The monoisotopic (exact) mass is 318 g/mol. The lowest BCUT2D eigenvalue weighted by molar-refractivity contribution is -0.133. The number of allylic oxidation sites excluding steroid dienone is 1. The van der Waals surface area contributed by atoms with Crippen LogP contribution >= 0.6 is 11.8 Å². The van der Waals surface area contributed by atoms with Gasteiger partial charge in [0.1, 0.15) is 11.8 Å². The van der Waals surface area contributed by atoms with Crippen LogP contribution in [0.4, 0.5) is 0 Å². The highest BCUT2D eigenvalue weighted by Crippen LogP contribution is 2.33. The number of ether oxygens (including phenoxy) is 1. The quantitative estimate of drug-likeness (QED) is 0.817. The van der Waals surface area contributed by atoms with E-state index >= 15 is 0 Å². The van der Waals surface area contributed by atoms with Crippen molar-refractivity contribution >= 4 is 22.9 Å². The third-order valence-electron chi connectivity index (χ3n) is 3.22. The minimum atomic E-state index is -0.970. The van der Waals surface area contributed by atoms with E-state index in [1.165, 1.54) is 11.8 Å². The number of thioether (sulfide) groups is 1. The molecule has 1 aliphatic heterocycles. The second-order valence-corrected chi connectivity index (χ2v) is 5.69. The van der Waals surface area contributed by atoms with Crippen molar-refractivity contribution in [3.63, 3.8) is 0 Å². The van der Waals surface area contributed by atoms with Crippen molar-refractivity contribution in [1.29, 1.82) is 0 Å². The van der Waals surface area contributed by atoms with Crippen molar-refractivity contribution in [1.82, 2.24) is 5.32 Å². The van der Waals surface area contributed by atoms with Crippen LogP contribution in [0.1, 0.15) is 18.5 Å². The molecule has 0 amide bonds. The molecule has 5 nitrogen and oxygen atoms in total. The molecular weight excluding hydrogens is 300 g/mol. The van der Waals surface area contributed by atoms with Crippen LogP contribution < -0.4 is 10.1 Å². The van der Waals surface area contributed by atoms with Crippen LogP contribution in [0.2, 0.25) is 0 Å². The lowest BCUT2D eigenvalue weighted by Gasteiger charge is -2.24. The summed E-state index contributed by atoms with van der Waals surface area (Å²) >= 11 is 1.49. The fourth-order valence-electron chi connectivity index (χ4n) is 2.16. The van der Waals surface area contributed by atoms with Gasteiger partial charge in [-0.3, -0.25) is 0 Å². The number of carbonyl (C=O) groups is 1. The van der Waals surface area contributed by atoms with Gasteiger partial charge in [-0.05, 0) is 24.6 Å². The summed E-state index contributed by atoms with van der Waals surface area (Å²) in [5, 5.41) is 13.2. The Kier molecular flexibility index (Phi) is 5.27. The molecule has 0 aromatic heterocycles. The normalized spacial score (nSPS) is 17.5. The molecule has 0 aliphatic carbocycles. The van der Waals surface area contributed by atoms with Crippen molar-refractivity contribution in [2.45, 2.75) is 13.0 Å². The number of aliphatic imine (C=N–C) groups is 1. The second kappa shape index (κ2) is 7.17. The Morgan fingerprint density at radius 1 is 1.50 bits per heavy atom. The van der Waals surface area contributed by atoms with Crippen molar-refractivity contribution in [2.24, 2.45) is 4.99 Å². The van der Waals surface area contributed by atoms with Gasteiger partial charge in [0.15, 0.2) is 5.17 Å². The Morgan fingerprint density at radius 2 is 2.18 bits per heavy atom. The molecule has 0 spiro atoms. The Hall–Kier alpha value is -2.21. The molecule has 2 N–H and O–H groups in total. The first kappa shape index (κ1) is 16.2. The first-order valence-corrected chi connectivity index (χ1v) is 7.72. The minimum Gasteiger partial charge on any atom is -0.497 e. The van der Waals surface area contributed by atoms with Crippen LogP contribution in [0.3, 0.4) is 0 Å². The number of nitrogens with one attached hydrogen (secondary N) is 1. The van der Waals surface area contributed by atoms with Crippen molar-refractivity contribution in [2.75, 3.05) is 12.9 Å². The van der Waals surface area contributed by atoms with Gasteiger partial charge in [-0.25, -0.2) is 9.79 Å². The van der Waals surface area contributed by atoms with Gasteiger partial charge < -0.3 is 15.2 Å². The SMILES string of the molecule is C=CCSC1=NC(c2ccc(OC)cc2)C(C(=O)O)=C(C)N1. The van der Waals surface area contributed by atoms with E-state index in [1.807, 2.05) is 12.1 Å². The summed E-state index contributed by atoms with van der Waals surface area (Å²) in [5.41, 5.74) is 1.68. The summed E-state index contributed by atoms with van der Waals surface area (Å²) in [6.07, 6.45) is 1.78. The molecule has 0 saturated heterocycles. The lowest BCUT2D eigenvalue weighted by Crippen LogP contribution is -2.29. The Bertz CT molecular complexity index is 635. The van der Waals surface area contributed by atoms with Gasteiger partial charge in [-0.1, -0.05) is 30.0 Å². The highest BCUT2D eigenvalue weighted by atomic mass is 32.2. The number of hydrogen-bond donors (Lipinski definition) is 2. The number of carboxylic acids is 1. The van der Waals surface area contributed by atoms with E-state index in [2.05, 4.69) is 16.9 Å². The van der Waals surface area contributed by atoms with Crippen LogP contribution in [-0.2, 0) is 4.79 Å². The van der Waals surface area contributed by atoms with Gasteiger partial charge in [0.25, 0.3) is 0 Å². The summed E-state index contributed by atoms with van der Waals surface area (Å²) in [6, 6.07) is 6.75. The first-order valence-electron chi connectivity index (χ1n) is 6.73. The zero-order valence-electron chi connectivity index (χ0n) is 12.5. The van der Waals surface area contributed by atoms with Crippen LogP contribution in [0, 0.1) is 0 Å². The van der Waals surface area contributed by atoms with Gasteiger partial charge in [0.2, 0.25) is 0 Å². The number of amidine groups is 1. The van der Waals surface area contributed by atoms with Gasteiger partial charge in [0, 0.05) is 11.4 Å². The summed E-state index contributed by atoms with van der Waals surface area (Å²) in [7, 11) is 1.59. The molecule has 0 bridgehead atoms. The zero-order valence-corrected chi connectivity index (χ0v) is 13.3. The lowest BCUT2D eigenvalue weighted by atomic mass is 9.97. The predicted octanol–water partition coefficient (Wildman–Crippen LogP) is 2.97. The standard InChI is InChI=1S/C16H18N2O3S/c1-4-9-22-16-17-10(2)13(15(19)20)14(18-16)11-5-7-12(21-3)8-6-11/h4-8,14H,1,9H2,2-3H3,(H,17,18)(H,19,20). The summed E-state index contributed by atoms with van der Waals surface area (Å²) in [4.78, 5) is 16.1. The van der Waals surface area contributed by atoms with E-state index in [1.54, 1.807) is 32.2 Å². The van der Waals surface area contributed by atoms with Crippen LogP contribution in [0.25, 0.3) is 0 Å². The number of benzene rings is 1. The average Bonchev–Trinajstić information content (AvgIpc) is 2.52. The zero-order chi connectivity index (χ0) is 16.1. The molecule has 0 saturated carbocycles. The molecule has 0 radical (unpaired) electrons. The summed E-state index contributed by atoms with van der Waals surface area (Å²) in [6.45, 7) is 5.43. The van der Waals surface area contributed by atoms with Gasteiger partial charge >= 0.3 is 5.97 Å². The summed E-state index contributed by atoms with van der Waals surface area (Å²) < 4.78 is 5.13. The fourth-order valence-corrected chi connectivity index (χ4v) is 2.84. The molecule has 1 aromatic carbocycles. The minimum absolute atomic E-state index is 0.258. The molecule has 1 aliphatic rings. The first-order chi connectivity index (χ1) is 10.6. The van der Waals surface area contributed by atoms with E-state index in [4.69, 9.17) is 4.74 Å². The molecule has 22 heavy (non-hydrogen) atoms. The molecular formula is C16H18N2O3S. The third-order valence-corrected chi connectivity index (χ3v) is 4.10. The Labute approximate surface area is 133 Å². The molecule has 1 unspecified atom stereocenters. The van der Waals surface area contributed by atoms with Crippen molar-refractivity contribution in [3.8, 4) is 5.75 Å². The molecule has 116 valence electrons. The maximum Gasteiger partial charge on any atom is 0.335 e. The molecule has 0 fully saturated rings. The molecule has 6 heteroatoms. The number of carboxylic acid groups (broad SMARTS) is 1. The average molecular weight is 318 g/mol. The predicted molar refractivity (Wildman–Crippen MR) is 89.3 cm³/mol. The number of aliphatic carboxylic acids is 1. The van der Waals surface area contributed by atoms with Gasteiger partial charge in [0.05, 0.1) is 12.7 Å². The third kappa shape index (κ3) is 3.51.